The van der Waals surface area contributed by atoms with Crippen molar-refractivity contribution >= 4 is 27.6 Å². The van der Waals surface area contributed by atoms with Crippen LogP contribution < -0.4 is 4.90 Å². The molecule has 0 heterocycles. The number of rotatable bonds is 7. The molecule has 0 radical (unpaired) electrons. The zero-order valence-electron chi connectivity index (χ0n) is 13.8. The number of ether oxygens (including phenoxy) is 1. The van der Waals surface area contributed by atoms with Gasteiger partial charge in [0.2, 0.25) is 15.9 Å². The summed E-state index contributed by atoms with van der Waals surface area (Å²) in [6.45, 7) is 1.97. The van der Waals surface area contributed by atoms with Gasteiger partial charge < -0.3 is 9.64 Å². The predicted octanol–water partition coefficient (Wildman–Crippen LogP) is 1.24. The van der Waals surface area contributed by atoms with Gasteiger partial charge in [0, 0.05) is 33.3 Å². The van der Waals surface area contributed by atoms with E-state index in [1.807, 2.05) is 0 Å². The SMILES string of the molecule is CCOC(=O)CCC(=O)N(C)c1cccc(S(=O)(=O)N(C)C)c1. The monoisotopic (exact) mass is 342 g/mol. The summed E-state index contributed by atoms with van der Waals surface area (Å²) in [6.07, 6.45) is -0.00725. The molecule has 128 valence electrons. The molecule has 0 saturated carbocycles. The van der Waals surface area contributed by atoms with Gasteiger partial charge in [0.1, 0.15) is 0 Å². The largest absolute Gasteiger partial charge is 0.466 e. The third-order valence-corrected chi connectivity index (χ3v) is 5.02. The molecule has 23 heavy (non-hydrogen) atoms. The zero-order valence-corrected chi connectivity index (χ0v) is 14.6. The number of sulfonamides is 1. The number of hydrogen-bond donors (Lipinski definition) is 0. The summed E-state index contributed by atoms with van der Waals surface area (Å²) < 4.78 is 30.1. The van der Waals surface area contributed by atoms with Gasteiger partial charge in [-0.25, -0.2) is 12.7 Å². The van der Waals surface area contributed by atoms with Gasteiger partial charge in [0.05, 0.1) is 17.9 Å². The molecule has 0 aliphatic rings. The lowest BCUT2D eigenvalue weighted by molar-refractivity contribution is -0.144. The van der Waals surface area contributed by atoms with E-state index in [1.54, 1.807) is 19.1 Å². The highest BCUT2D eigenvalue weighted by atomic mass is 32.2. The second-order valence-electron chi connectivity index (χ2n) is 5.04. The van der Waals surface area contributed by atoms with Crippen molar-refractivity contribution in [2.45, 2.75) is 24.7 Å². The molecule has 7 nitrogen and oxygen atoms in total. The topological polar surface area (TPSA) is 84.0 Å². The highest BCUT2D eigenvalue weighted by Gasteiger charge is 2.19. The van der Waals surface area contributed by atoms with Crippen LogP contribution in [0.25, 0.3) is 0 Å². The van der Waals surface area contributed by atoms with Crippen LogP contribution in [0.5, 0.6) is 0 Å². The first-order valence-corrected chi connectivity index (χ1v) is 8.59. The number of hydrogen-bond acceptors (Lipinski definition) is 5. The Morgan fingerprint density at radius 1 is 1.13 bits per heavy atom. The molecule has 0 N–H and O–H groups in total. The van der Waals surface area contributed by atoms with Gasteiger partial charge in [-0.15, -0.1) is 0 Å². The van der Waals surface area contributed by atoms with Crippen molar-refractivity contribution in [3.05, 3.63) is 24.3 Å². The predicted molar refractivity (Wildman–Crippen MR) is 86.6 cm³/mol. The third kappa shape index (κ3) is 5.04. The van der Waals surface area contributed by atoms with Crippen LogP contribution in [-0.2, 0) is 24.3 Å². The smallest absolute Gasteiger partial charge is 0.306 e. The molecule has 0 bridgehead atoms. The third-order valence-electron chi connectivity index (χ3n) is 3.21. The zero-order chi connectivity index (χ0) is 17.6. The fourth-order valence-electron chi connectivity index (χ4n) is 1.82. The second kappa shape index (κ2) is 8.07. The van der Waals surface area contributed by atoms with Crippen LogP contribution in [0.3, 0.4) is 0 Å². The summed E-state index contributed by atoms with van der Waals surface area (Å²) in [4.78, 5) is 24.8. The standard InChI is InChI=1S/C15H22N2O5S/c1-5-22-15(19)10-9-14(18)17(4)12-7-6-8-13(11-12)23(20,21)16(2)3/h6-8,11H,5,9-10H2,1-4H3. The average molecular weight is 342 g/mol. The molecule has 0 fully saturated rings. The van der Waals surface area contributed by atoms with Gasteiger partial charge in [0.25, 0.3) is 0 Å². The van der Waals surface area contributed by atoms with Crippen molar-refractivity contribution in [3.8, 4) is 0 Å². The van der Waals surface area contributed by atoms with E-state index < -0.39 is 16.0 Å². The molecule has 8 heteroatoms. The van der Waals surface area contributed by atoms with Crippen LogP contribution in [0.15, 0.2) is 29.2 Å². The van der Waals surface area contributed by atoms with E-state index >= 15 is 0 Å². The maximum absolute atomic E-state index is 12.1. The Morgan fingerprint density at radius 2 is 1.78 bits per heavy atom. The number of anilines is 1. The number of esters is 1. The van der Waals surface area contributed by atoms with Gasteiger partial charge in [-0.2, -0.15) is 0 Å². The molecule has 0 aliphatic heterocycles. The first-order valence-electron chi connectivity index (χ1n) is 7.15. The molecule has 0 unspecified atom stereocenters. The number of amides is 1. The van der Waals surface area contributed by atoms with Crippen LogP contribution in [0.4, 0.5) is 5.69 Å². The highest BCUT2D eigenvalue weighted by Crippen LogP contribution is 2.21. The Labute approximate surface area is 136 Å². The van der Waals surface area contributed by atoms with Crippen LogP contribution >= 0.6 is 0 Å². The number of nitrogens with zero attached hydrogens (tertiary/aromatic N) is 2. The van der Waals surface area contributed by atoms with Crippen molar-refractivity contribution in [2.24, 2.45) is 0 Å². The Balaban J connectivity index is 2.87. The summed E-state index contributed by atoms with van der Waals surface area (Å²) in [5, 5.41) is 0. The van der Waals surface area contributed by atoms with Crippen molar-refractivity contribution in [2.75, 3.05) is 32.6 Å². The summed E-state index contributed by atoms with van der Waals surface area (Å²) in [6, 6.07) is 6.10. The van der Waals surface area contributed by atoms with Gasteiger partial charge in [-0.05, 0) is 25.1 Å². The van der Waals surface area contributed by atoms with E-state index in [9.17, 15) is 18.0 Å². The van der Waals surface area contributed by atoms with Gasteiger partial charge in [0.15, 0.2) is 0 Å². The molecule has 0 aromatic heterocycles. The van der Waals surface area contributed by atoms with Gasteiger partial charge in [-0.3, -0.25) is 9.59 Å². The summed E-state index contributed by atoms with van der Waals surface area (Å²) >= 11 is 0. The second-order valence-corrected chi connectivity index (χ2v) is 7.19. The summed E-state index contributed by atoms with van der Waals surface area (Å²) in [7, 11) is 0.848. The minimum Gasteiger partial charge on any atom is -0.466 e. The first-order chi connectivity index (χ1) is 10.7. The molecule has 1 rings (SSSR count). The Bertz CT molecular complexity index is 670. The summed E-state index contributed by atoms with van der Waals surface area (Å²) in [5.74, 6) is -0.726. The Hall–Kier alpha value is -1.93. The first kappa shape index (κ1) is 19.1. The van der Waals surface area contributed by atoms with E-state index in [4.69, 9.17) is 4.74 Å². The molecule has 0 spiro atoms. The highest BCUT2D eigenvalue weighted by molar-refractivity contribution is 7.89. The number of carbonyl (C=O) groups excluding carboxylic acids is 2. The van der Waals surface area contributed by atoms with Crippen LogP contribution in [-0.4, -0.2) is 52.3 Å². The van der Waals surface area contributed by atoms with Crippen LogP contribution in [0, 0.1) is 0 Å². The Kier molecular flexibility index (Phi) is 6.71. The summed E-state index contributed by atoms with van der Waals surface area (Å²) in [5.41, 5.74) is 0.446. The molecule has 1 aromatic carbocycles. The van der Waals surface area contributed by atoms with E-state index in [-0.39, 0.29) is 30.3 Å². The van der Waals surface area contributed by atoms with Gasteiger partial charge >= 0.3 is 5.97 Å². The van der Waals surface area contributed by atoms with Crippen LogP contribution in [0.2, 0.25) is 0 Å². The lowest BCUT2D eigenvalue weighted by Gasteiger charge is -2.19. The average Bonchev–Trinajstić information content (AvgIpc) is 2.52. The van der Waals surface area contributed by atoms with E-state index in [2.05, 4.69) is 0 Å². The molecule has 0 aliphatic carbocycles. The molecular formula is C15H22N2O5S. The van der Waals surface area contributed by atoms with Crippen molar-refractivity contribution in [1.29, 1.82) is 0 Å². The van der Waals surface area contributed by atoms with E-state index in [0.29, 0.717) is 5.69 Å². The molecule has 1 aromatic rings. The lowest BCUT2D eigenvalue weighted by atomic mass is 10.2. The fourth-order valence-corrected chi connectivity index (χ4v) is 2.76. The molecular weight excluding hydrogens is 320 g/mol. The minimum atomic E-state index is -3.57. The van der Waals surface area contributed by atoms with Crippen molar-refractivity contribution < 1.29 is 22.7 Å². The Morgan fingerprint density at radius 3 is 2.35 bits per heavy atom. The minimum absolute atomic E-state index is 0.00000842. The van der Waals surface area contributed by atoms with Crippen LogP contribution in [0.1, 0.15) is 19.8 Å². The maximum atomic E-state index is 12.1. The molecule has 1 amide bonds. The molecule has 0 saturated heterocycles. The number of benzene rings is 1. The van der Waals surface area contributed by atoms with Crippen molar-refractivity contribution in [1.82, 2.24) is 4.31 Å². The van der Waals surface area contributed by atoms with E-state index in [1.165, 1.54) is 38.2 Å². The normalized spacial score (nSPS) is 11.3. The van der Waals surface area contributed by atoms with Gasteiger partial charge in [-0.1, -0.05) is 6.07 Å². The molecule has 0 atom stereocenters. The quantitative estimate of drug-likeness (QED) is 0.696. The number of carbonyl (C=O) groups is 2. The van der Waals surface area contributed by atoms with E-state index in [0.717, 1.165) is 4.31 Å². The van der Waals surface area contributed by atoms with Crippen molar-refractivity contribution in [3.63, 3.8) is 0 Å². The lowest BCUT2D eigenvalue weighted by Crippen LogP contribution is -2.27. The fraction of sp³-hybridized carbons (Fsp3) is 0.467. The maximum Gasteiger partial charge on any atom is 0.306 e.